The average Bonchev–Trinajstić information content (AvgIpc) is 2.32. The summed E-state index contributed by atoms with van der Waals surface area (Å²) in [4.78, 5) is 0. The number of benzene rings is 1. The van der Waals surface area contributed by atoms with E-state index in [0.29, 0.717) is 18.4 Å². The molecule has 0 aromatic heterocycles. The van der Waals surface area contributed by atoms with Gasteiger partial charge < -0.3 is 4.74 Å². The third kappa shape index (κ3) is 3.77. The van der Waals surface area contributed by atoms with Crippen LogP contribution in [0, 0.1) is 11.8 Å². The number of hydrogen-bond donors (Lipinski definition) is 0. The third-order valence-electron chi connectivity index (χ3n) is 3.07. The van der Waals surface area contributed by atoms with E-state index in [-0.39, 0.29) is 7.43 Å². The predicted octanol–water partition coefficient (Wildman–Crippen LogP) is 4.57. The molecule has 1 aliphatic rings. The lowest BCUT2D eigenvalue weighted by Crippen LogP contribution is -2.08. The van der Waals surface area contributed by atoms with Crippen LogP contribution < -0.4 is 0 Å². The molecule has 0 saturated heterocycles. The van der Waals surface area contributed by atoms with Crippen molar-refractivity contribution < 1.29 is 4.74 Å². The minimum absolute atomic E-state index is 0. The maximum absolute atomic E-state index is 5.76. The second-order valence-electron chi connectivity index (χ2n) is 4.42. The number of allylic oxidation sites excluding steroid dienone is 3. The van der Waals surface area contributed by atoms with E-state index in [9.17, 15) is 0 Å². The van der Waals surface area contributed by atoms with Crippen molar-refractivity contribution in [3.8, 4) is 0 Å². The Morgan fingerprint density at radius 2 is 1.76 bits per heavy atom. The van der Waals surface area contributed by atoms with Crippen LogP contribution in [-0.2, 0) is 11.3 Å². The van der Waals surface area contributed by atoms with Gasteiger partial charge >= 0.3 is 0 Å². The Kier molecular flexibility index (Phi) is 5.02. The summed E-state index contributed by atoms with van der Waals surface area (Å²) in [6.07, 6.45) is 6.49. The van der Waals surface area contributed by atoms with E-state index >= 15 is 0 Å². The van der Waals surface area contributed by atoms with Crippen molar-refractivity contribution in [3.63, 3.8) is 0 Å². The lowest BCUT2D eigenvalue weighted by molar-refractivity contribution is 0.205. The summed E-state index contributed by atoms with van der Waals surface area (Å²) in [7, 11) is 0. The van der Waals surface area contributed by atoms with E-state index in [1.54, 1.807) is 0 Å². The molecule has 0 saturated carbocycles. The van der Waals surface area contributed by atoms with Crippen molar-refractivity contribution in [2.45, 2.75) is 27.9 Å². The zero-order chi connectivity index (χ0) is 11.4. The lowest BCUT2D eigenvalue weighted by atomic mass is 9.91. The molecule has 1 aromatic rings. The third-order valence-corrected chi connectivity index (χ3v) is 3.07. The summed E-state index contributed by atoms with van der Waals surface area (Å²) in [6.45, 7) is 5.10. The fourth-order valence-corrected chi connectivity index (χ4v) is 1.73. The van der Waals surface area contributed by atoms with Crippen molar-refractivity contribution in [2.24, 2.45) is 11.8 Å². The van der Waals surface area contributed by atoms with Crippen LogP contribution in [0.25, 0.3) is 0 Å². The highest BCUT2D eigenvalue weighted by Gasteiger charge is 2.12. The maximum Gasteiger partial charge on any atom is 0.115 e. The highest BCUT2D eigenvalue weighted by Crippen LogP contribution is 2.23. The van der Waals surface area contributed by atoms with E-state index in [1.165, 1.54) is 5.56 Å². The molecule has 2 unspecified atom stereocenters. The molecule has 2 atom stereocenters. The Morgan fingerprint density at radius 1 is 1.06 bits per heavy atom. The quantitative estimate of drug-likeness (QED) is 0.739. The highest BCUT2D eigenvalue weighted by molar-refractivity contribution is 5.21. The first-order chi connectivity index (χ1) is 7.75. The van der Waals surface area contributed by atoms with Gasteiger partial charge in [0.05, 0.1) is 0 Å². The van der Waals surface area contributed by atoms with Crippen molar-refractivity contribution in [2.75, 3.05) is 0 Å². The first-order valence-electron chi connectivity index (χ1n) is 5.82. The first-order valence-corrected chi connectivity index (χ1v) is 5.82. The Balaban J connectivity index is 0.00000144. The van der Waals surface area contributed by atoms with Crippen molar-refractivity contribution in [1.82, 2.24) is 0 Å². The molecule has 0 radical (unpaired) electrons. The molecule has 0 amide bonds. The summed E-state index contributed by atoms with van der Waals surface area (Å²) in [5.41, 5.74) is 1.21. The highest BCUT2D eigenvalue weighted by atomic mass is 16.5. The summed E-state index contributed by atoms with van der Waals surface area (Å²) < 4.78 is 5.76. The second kappa shape index (κ2) is 6.29. The topological polar surface area (TPSA) is 9.23 Å². The maximum atomic E-state index is 5.76. The largest absolute Gasteiger partial charge is 0.489 e. The van der Waals surface area contributed by atoms with Crippen LogP contribution >= 0.6 is 0 Å². The average molecular weight is 230 g/mol. The predicted molar refractivity (Wildman–Crippen MR) is 73.5 cm³/mol. The number of ether oxygens (including phenoxy) is 1. The molecular weight excluding hydrogens is 208 g/mol. The van der Waals surface area contributed by atoms with Crippen LogP contribution in [0.1, 0.15) is 26.8 Å². The molecule has 1 aliphatic carbocycles. The Labute approximate surface area is 105 Å². The number of rotatable bonds is 3. The standard InChI is InChI=1S/C15H18O.CH4/c1-12-8-9-15(10-13(12)2)16-11-14-6-4-3-5-7-14;/h3-10,12-13H,11H2,1-2H3;1H4. The summed E-state index contributed by atoms with van der Waals surface area (Å²) in [6, 6.07) is 10.3. The minimum Gasteiger partial charge on any atom is -0.489 e. The molecule has 0 aliphatic heterocycles. The zero-order valence-electron chi connectivity index (χ0n) is 9.89. The van der Waals surface area contributed by atoms with Gasteiger partial charge in [0.2, 0.25) is 0 Å². The fourth-order valence-electron chi connectivity index (χ4n) is 1.73. The molecule has 0 spiro atoms. The summed E-state index contributed by atoms with van der Waals surface area (Å²) in [5, 5.41) is 0. The Bertz CT molecular complexity index is 389. The molecule has 92 valence electrons. The normalized spacial score (nSPS) is 22.6. The van der Waals surface area contributed by atoms with Gasteiger partial charge in [-0.05, 0) is 29.6 Å². The van der Waals surface area contributed by atoms with Gasteiger partial charge in [-0.15, -0.1) is 0 Å². The van der Waals surface area contributed by atoms with Crippen LogP contribution in [0.3, 0.4) is 0 Å². The zero-order valence-corrected chi connectivity index (χ0v) is 9.89. The Hall–Kier alpha value is -1.50. The van der Waals surface area contributed by atoms with Gasteiger partial charge in [-0.25, -0.2) is 0 Å². The number of hydrogen-bond acceptors (Lipinski definition) is 1. The van der Waals surface area contributed by atoms with E-state index in [2.05, 4.69) is 44.2 Å². The van der Waals surface area contributed by atoms with Crippen LogP contribution in [0.4, 0.5) is 0 Å². The molecule has 17 heavy (non-hydrogen) atoms. The molecule has 0 bridgehead atoms. The molecule has 0 heterocycles. The first kappa shape index (κ1) is 13.6. The van der Waals surface area contributed by atoms with E-state index in [0.717, 1.165) is 5.76 Å². The van der Waals surface area contributed by atoms with Crippen molar-refractivity contribution in [1.29, 1.82) is 0 Å². The second-order valence-corrected chi connectivity index (χ2v) is 4.42. The van der Waals surface area contributed by atoms with E-state index in [1.807, 2.05) is 18.2 Å². The molecule has 1 aromatic carbocycles. The Morgan fingerprint density at radius 3 is 2.41 bits per heavy atom. The molecule has 0 N–H and O–H groups in total. The van der Waals surface area contributed by atoms with Gasteiger partial charge in [0.15, 0.2) is 0 Å². The lowest BCUT2D eigenvalue weighted by Gasteiger charge is -2.19. The summed E-state index contributed by atoms with van der Waals surface area (Å²) in [5.74, 6) is 2.18. The monoisotopic (exact) mass is 230 g/mol. The molecular formula is C16H22O. The van der Waals surface area contributed by atoms with Gasteiger partial charge in [-0.1, -0.05) is 57.7 Å². The molecule has 2 rings (SSSR count). The van der Waals surface area contributed by atoms with E-state index < -0.39 is 0 Å². The molecule has 1 nitrogen and oxygen atoms in total. The van der Waals surface area contributed by atoms with Crippen LogP contribution in [0.2, 0.25) is 0 Å². The van der Waals surface area contributed by atoms with Crippen molar-refractivity contribution in [3.05, 3.63) is 59.9 Å². The van der Waals surface area contributed by atoms with Gasteiger partial charge in [-0.3, -0.25) is 0 Å². The van der Waals surface area contributed by atoms with Crippen LogP contribution in [0.5, 0.6) is 0 Å². The van der Waals surface area contributed by atoms with Gasteiger partial charge in [0.1, 0.15) is 12.4 Å². The smallest absolute Gasteiger partial charge is 0.115 e. The van der Waals surface area contributed by atoms with Crippen molar-refractivity contribution >= 4 is 0 Å². The molecule has 1 heteroatoms. The van der Waals surface area contributed by atoms with Gasteiger partial charge in [0.25, 0.3) is 0 Å². The fraction of sp³-hybridized carbons (Fsp3) is 0.375. The molecule has 0 fully saturated rings. The van der Waals surface area contributed by atoms with Crippen LogP contribution in [0.15, 0.2) is 54.3 Å². The van der Waals surface area contributed by atoms with Gasteiger partial charge in [0, 0.05) is 0 Å². The van der Waals surface area contributed by atoms with E-state index in [4.69, 9.17) is 4.74 Å². The minimum atomic E-state index is 0. The SMILES string of the molecule is C.CC1C=CC(OCc2ccccc2)=CC1C. The van der Waals surface area contributed by atoms with Crippen LogP contribution in [-0.4, -0.2) is 0 Å². The summed E-state index contributed by atoms with van der Waals surface area (Å²) >= 11 is 0. The van der Waals surface area contributed by atoms with Gasteiger partial charge in [-0.2, -0.15) is 0 Å².